The second-order valence-corrected chi connectivity index (χ2v) is 12.2. The largest absolute Gasteiger partial charge is 0.461 e. The quantitative estimate of drug-likeness (QED) is 0.374. The van der Waals surface area contributed by atoms with Crippen molar-refractivity contribution in [1.29, 1.82) is 0 Å². The van der Waals surface area contributed by atoms with Crippen LogP contribution in [0.2, 0.25) is 0 Å². The number of hydrogen-bond acceptors (Lipinski definition) is 6. The molecule has 3 saturated heterocycles. The molecule has 8 nitrogen and oxygen atoms in total. The Morgan fingerprint density at radius 3 is 2.43 bits per heavy atom. The Morgan fingerprint density at radius 2 is 1.89 bits per heavy atom. The maximum absolute atomic E-state index is 14.4. The van der Waals surface area contributed by atoms with E-state index in [-0.39, 0.29) is 37.0 Å². The Labute approximate surface area is 209 Å². The average molecular weight is 491 g/mol. The highest BCUT2D eigenvalue weighted by molar-refractivity contribution is 5.98. The van der Waals surface area contributed by atoms with Crippen LogP contribution < -0.4 is 0 Å². The molecule has 0 aromatic carbocycles. The predicted molar refractivity (Wildman–Crippen MR) is 132 cm³/mol. The number of ether oxygens (including phenoxy) is 2. The smallest absolute Gasteiger partial charge is 0.313 e. The van der Waals surface area contributed by atoms with Crippen LogP contribution in [0.4, 0.5) is 0 Å². The molecule has 196 valence electrons. The van der Waals surface area contributed by atoms with Crippen LogP contribution in [0.3, 0.4) is 0 Å². The standard InChI is InChI=1S/C27H42N2O6/c1-9-13-29(25(6,7)17-24(3,4)5)22(32)20-27-12-11-26(8,35-27)19(23(33)34-16-10-2)18(27)21(31)28(20)14-15-30/h9-10,18-20,30H,1-2,11-17H2,3-8H3/t18-,19-,20?,26+,27?/m0/s1. The van der Waals surface area contributed by atoms with Crippen LogP contribution in [0.15, 0.2) is 25.3 Å². The first-order valence-electron chi connectivity index (χ1n) is 12.5. The van der Waals surface area contributed by atoms with Gasteiger partial charge in [-0.3, -0.25) is 14.4 Å². The van der Waals surface area contributed by atoms with Crippen LogP contribution in [0.25, 0.3) is 0 Å². The Hall–Kier alpha value is -2.19. The van der Waals surface area contributed by atoms with E-state index in [1.54, 1.807) is 11.0 Å². The van der Waals surface area contributed by atoms with Gasteiger partial charge in [-0.05, 0) is 45.4 Å². The number of hydrogen-bond donors (Lipinski definition) is 1. The summed E-state index contributed by atoms with van der Waals surface area (Å²) in [6.07, 6.45) is 4.91. The number of aliphatic hydroxyl groups is 1. The van der Waals surface area contributed by atoms with E-state index in [1.807, 2.05) is 20.8 Å². The molecule has 3 aliphatic rings. The molecule has 0 radical (unpaired) electrons. The normalized spacial score (nSPS) is 31.9. The molecule has 3 fully saturated rings. The molecule has 1 spiro atoms. The Morgan fingerprint density at radius 1 is 1.23 bits per heavy atom. The van der Waals surface area contributed by atoms with Crippen molar-refractivity contribution in [3.05, 3.63) is 25.3 Å². The van der Waals surface area contributed by atoms with Gasteiger partial charge in [0.15, 0.2) is 0 Å². The highest BCUT2D eigenvalue weighted by Gasteiger charge is 2.78. The monoisotopic (exact) mass is 490 g/mol. The van der Waals surface area contributed by atoms with Crippen molar-refractivity contribution >= 4 is 17.8 Å². The molecule has 2 bridgehead atoms. The van der Waals surface area contributed by atoms with Crippen molar-refractivity contribution in [1.82, 2.24) is 9.80 Å². The van der Waals surface area contributed by atoms with E-state index in [0.717, 1.165) is 6.42 Å². The van der Waals surface area contributed by atoms with Gasteiger partial charge in [-0.1, -0.05) is 39.5 Å². The highest BCUT2D eigenvalue weighted by Crippen LogP contribution is 2.63. The molecule has 3 heterocycles. The third kappa shape index (κ3) is 4.55. The topological polar surface area (TPSA) is 96.4 Å². The molecule has 2 unspecified atom stereocenters. The third-order valence-corrected chi connectivity index (χ3v) is 7.72. The molecule has 0 aromatic rings. The van der Waals surface area contributed by atoms with Crippen LogP contribution in [0.1, 0.15) is 60.8 Å². The minimum Gasteiger partial charge on any atom is -0.461 e. The lowest BCUT2D eigenvalue weighted by molar-refractivity contribution is -0.161. The summed E-state index contributed by atoms with van der Waals surface area (Å²) in [5.41, 5.74) is -2.62. The van der Waals surface area contributed by atoms with Gasteiger partial charge in [-0.25, -0.2) is 0 Å². The molecule has 3 rings (SSSR count). The number of carbonyl (C=O) groups excluding carboxylic acids is 3. The van der Waals surface area contributed by atoms with Crippen molar-refractivity contribution in [2.75, 3.05) is 26.3 Å². The van der Waals surface area contributed by atoms with E-state index in [1.165, 1.54) is 11.0 Å². The number of β-amino-alcohol motifs (C(OH)–C–C–N with tert-alkyl or cyclic N) is 1. The van der Waals surface area contributed by atoms with Gasteiger partial charge in [0.1, 0.15) is 24.2 Å². The molecule has 8 heteroatoms. The van der Waals surface area contributed by atoms with Gasteiger partial charge in [0, 0.05) is 18.6 Å². The van der Waals surface area contributed by atoms with E-state index < -0.39 is 40.6 Å². The van der Waals surface area contributed by atoms with Crippen LogP contribution in [0, 0.1) is 17.3 Å². The van der Waals surface area contributed by atoms with Crippen LogP contribution >= 0.6 is 0 Å². The molecule has 35 heavy (non-hydrogen) atoms. The molecule has 2 amide bonds. The van der Waals surface area contributed by atoms with Gasteiger partial charge in [0.05, 0.1) is 18.1 Å². The van der Waals surface area contributed by atoms with Crippen LogP contribution in [-0.4, -0.2) is 81.8 Å². The van der Waals surface area contributed by atoms with Crippen molar-refractivity contribution in [2.45, 2.75) is 83.6 Å². The summed E-state index contributed by atoms with van der Waals surface area (Å²) in [6.45, 7) is 19.7. The summed E-state index contributed by atoms with van der Waals surface area (Å²) < 4.78 is 11.9. The average Bonchev–Trinajstić information content (AvgIpc) is 3.29. The summed E-state index contributed by atoms with van der Waals surface area (Å²) in [6, 6.07) is -0.939. The van der Waals surface area contributed by atoms with E-state index in [4.69, 9.17) is 9.47 Å². The van der Waals surface area contributed by atoms with Crippen molar-refractivity contribution < 1.29 is 29.0 Å². The fourth-order valence-electron chi connectivity index (χ4n) is 6.95. The molecule has 0 aromatic heterocycles. The Bertz CT molecular complexity index is 893. The number of rotatable bonds is 10. The predicted octanol–water partition coefficient (Wildman–Crippen LogP) is 2.70. The second-order valence-electron chi connectivity index (χ2n) is 12.2. The van der Waals surface area contributed by atoms with E-state index in [2.05, 4.69) is 33.9 Å². The number of carbonyl (C=O) groups is 3. The third-order valence-electron chi connectivity index (χ3n) is 7.72. The maximum Gasteiger partial charge on any atom is 0.313 e. The molecule has 5 atom stereocenters. The van der Waals surface area contributed by atoms with Crippen molar-refractivity contribution in [3.63, 3.8) is 0 Å². The molecule has 1 N–H and O–H groups in total. The Kier molecular flexibility index (Phi) is 7.32. The van der Waals surface area contributed by atoms with Crippen LogP contribution in [-0.2, 0) is 23.9 Å². The van der Waals surface area contributed by atoms with E-state index in [9.17, 15) is 19.5 Å². The molecule has 0 saturated carbocycles. The number of fused-ring (bicyclic) bond motifs is 1. The van der Waals surface area contributed by atoms with E-state index >= 15 is 0 Å². The number of esters is 1. The van der Waals surface area contributed by atoms with Crippen molar-refractivity contribution in [3.8, 4) is 0 Å². The number of aliphatic hydroxyl groups excluding tert-OH is 1. The minimum absolute atomic E-state index is 0.0103. The summed E-state index contributed by atoms with van der Waals surface area (Å²) in [4.78, 5) is 44.4. The Balaban J connectivity index is 2.07. The molecular formula is C27H42N2O6. The fourth-order valence-corrected chi connectivity index (χ4v) is 6.95. The molecule has 3 aliphatic heterocycles. The van der Waals surface area contributed by atoms with Gasteiger partial charge >= 0.3 is 5.97 Å². The van der Waals surface area contributed by atoms with Gasteiger partial charge in [-0.2, -0.15) is 0 Å². The van der Waals surface area contributed by atoms with Gasteiger partial charge in [0.2, 0.25) is 11.8 Å². The van der Waals surface area contributed by atoms with Gasteiger partial charge < -0.3 is 24.4 Å². The van der Waals surface area contributed by atoms with E-state index in [0.29, 0.717) is 19.4 Å². The molecular weight excluding hydrogens is 448 g/mol. The number of amides is 2. The first kappa shape index (κ1) is 27.4. The fraction of sp³-hybridized carbons (Fsp3) is 0.741. The number of nitrogens with zero attached hydrogens (tertiary/aromatic N) is 2. The summed E-state index contributed by atoms with van der Waals surface area (Å²) in [7, 11) is 0. The zero-order valence-electron chi connectivity index (χ0n) is 22.1. The highest BCUT2D eigenvalue weighted by atomic mass is 16.6. The lowest BCUT2D eigenvalue weighted by Crippen LogP contribution is -2.61. The summed E-state index contributed by atoms with van der Waals surface area (Å²) >= 11 is 0. The SMILES string of the molecule is C=CCOC(=O)[C@@H]1[C@H]2C(=O)N(CCO)C(C(=O)N(CC=C)C(C)(C)CC(C)(C)C)C23CC[C@@]1(C)O3. The molecule has 0 aliphatic carbocycles. The zero-order chi connectivity index (χ0) is 26.4. The first-order chi connectivity index (χ1) is 16.2. The lowest BCUT2D eigenvalue weighted by atomic mass is 9.66. The maximum atomic E-state index is 14.4. The first-order valence-corrected chi connectivity index (χ1v) is 12.5. The van der Waals surface area contributed by atoms with Gasteiger partial charge in [-0.15, -0.1) is 6.58 Å². The minimum atomic E-state index is -1.15. The van der Waals surface area contributed by atoms with Crippen LogP contribution in [0.5, 0.6) is 0 Å². The van der Waals surface area contributed by atoms with Gasteiger partial charge in [0.25, 0.3) is 0 Å². The zero-order valence-corrected chi connectivity index (χ0v) is 22.1. The summed E-state index contributed by atoms with van der Waals surface area (Å²) in [5, 5.41) is 9.79. The number of likely N-dealkylation sites (tertiary alicyclic amines) is 1. The van der Waals surface area contributed by atoms with Crippen molar-refractivity contribution in [2.24, 2.45) is 17.3 Å². The second kappa shape index (κ2) is 9.36. The summed E-state index contributed by atoms with van der Waals surface area (Å²) in [5.74, 6) is -2.75. The lowest BCUT2D eigenvalue weighted by Gasteiger charge is -2.45.